The Morgan fingerprint density at radius 2 is 2.28 bits per heavy atom. The van der Waals surface area contributed by atoms with Gasteiger partial charge in [0.15, 0.2) is 0 Å². The van der Waals surface area contributed by atoms with Crippen molar-refractivity contribution in [2.24, 2.45) is 0 Å². The Hall–Kier alpha value is -2.31. The summed E-state index contributed by atoms with van der Waals surface area (Å²) in [5.41, 5.74) is 1.21. The zero-order valence-corrected chi connectivity index (χ0v) is 14.7. The van der Waals surface area contributed by atoms with E-state index in [2.05, 4.69) is 15.6 Å². The van der Waals surface area contributed by atoms with E-state index >= 15 is 0 Å². The molecule has 1 saturated heterocycles. The molecule has 1 aromatic carbocycles. The minimum atomic E-state index is -0.158. The molecule has 1 atom stereocenters. The molecule has 1 aliphatic heterocycles. The Balaban J connectivity index is 1.62. The maximum atomic E-state index is 12.2. The molecule has 7 heteroatoms. The summed E-state index contributed by atoms with van der Waals surface area (Å²) >= 11 is 6.02. The number of pyridine rings is 1. The van der Waals surface area contributed by atoms with E-state index in [9.17, 15) is 4.79 Å². The Bertz CT molecular complexity index is 731. The number of ether oxygens (including phenoxy) is 2. The van der Waals surface area contributed by atoms with Crippen LogP contribution in [0.25, 0.3) is 0 Å². The Morgan fingerprint density at radius 3 is 2.96 bits per heavy atom. The van der Waals surface area contributed by atoms with Crippen LogP contribution in [0, 0.1) is 0 Å². The van der Waals surface area contributed by atoms with Gasteiger partial charge in [-0.15, -0.1) is 0 Å². The van der Waals surface area contributed by atoms with Gasteiger partial charge >= 0.3 is 0 Å². The first-order valence-electron chi connectivity index (χ1n) is 8.12. The van der Waals surface area contributed by atoms with Gasteiger partial charge in [0.2, 0.25) is 0 Å². The molecular formula is C18H20ClN3O3. The SMILES string of the molecule is COc1ccc(Cl)cc1Nc1ccc(C(=O)NCC2CCCO2)cn1. The molecule has 2 aromatic rings. The minimum absolute atomic E-state index is 0.119. The van der Waals surface area contributed by atoms with E-state index < -0.39 is 0 Å². The van der Waals surface area contributed by atoms with Gasteiger partial charge < -0.3 is 20.1 Å². The number of benzene rings is 1. The number of rotatable bonds is 6. The highest BCUT2D eigenvalue weighted by molar-refractivity contribution is 6.31. The predicted molar refractivity (Wildman–Crippen MR) is 96.8 cm³/mol. The van der Waals surface area contributed by atoms with E-state index in [1.165, 1.54) is 6.20 Å². The third-order valence-electron chi connectivity index (χ3n) is 3.96. The van der Waals surface area contributed by atoms with Crippen molar-refractivity contribution in [3.05, 3.63) is 47.1 Å². The molecule has 132 valence electrons. The molecule has 25 heavy (non-hydrogen) atoms. The van der Waals surface area contributed by atoms with Gasteiger partial charge in [0.1, 0.15) is 11.6 Å². The molecule has 1 fully saturated rings. The fraction of sp³-hybridized carbons (Fsp3) is 0.333. The number of carbonyl (C=O) groups excluding carboxylic acids is 1. The maximum absolute atomic E-state index is 12.2. The summed E-state index contributed by atoms with van der Waals surface area (Å²) < 4.78 is 10.8. The lowest BCUT2D eigenvalue weighted by molar-refractivity contribution is 0.0857. The van der Waals surface area contributed by atoms with Gasteiger partial charge in [-0.2, -0.15) is 0 Å². The fourth-order valence-corrected chi connectivity index (χ4v) is 2.80. The van der Waals surface area contributed by atoms with Crippen LogP contribution >= 0.6 is 11.6 Å². The molecule has 2 N–H and O–H groups in total. The van der Waals surface area contributed by atoms with E-state index in [0.29, 0.717) is 34.4 Å². The Kier molecular flexibility index (Phi) is 5.73. The largest absolute Gasteiger partial charge is 0.495 e. The van der Waals surface area contributed by atoms with Gasteiger partial charge in [-0.3, -0.25) is 4.79 Å². The summed E-state index contributed by atoms with van der Waals surface area (Å²) in [6.07, 6.45) is 3.69. The fourth-order valence-electron chi connectivity index (χ4n) is 2.63. The van der Waals surface area contributed by atoms with E-state index in [0.717, 1.165) is 19.4 Å². The lowest BCUT2D eigenvalue weighted by atomic mass is 10.2. The van der Waals surface area contributed by atoms with Gasteiger partial charge in [-0.05, 0) is 43.2 Å². The third kappa shape index (κ3) is 4.61. The smallest absolute Gasteiger partial charge is 0.252 e. The number of nitrogens with zero attached hydrogens (tertiary/aromatic N) is 1. The van der Waals surface area contributed by atoms with Crippen molar-refractivity contribution < 1.29 is 14.3 Å². The highest BCUT2D eigenvalue weighted by Gasteiger charge is 2.16. The van der Waals surface area contributed by atoms with E-state index in [-0.39, 0.29) is 12.0 Å². The zero-order chi connectivity index (χ0) is 17.6. The van der Waals surface area contributed by atoms with Crippen LogP contribution in [-0.2, 0) is 4.74 Å². The summed E-state index contributed by atoms with van der Waals surface area (Å²) in [5.74, 6) is 1.09. The molecule has 0 radical (unpaired) electrons. The Labute approximate surface area is 151 Å². The van der Waals surface area contributed by atoms with Crippen LogP contribution in [0.1, 0.15) is 23.2 Å². The molecule has 1 unspecified atom stereocenters. The molecule has 1 aliphatic rings. The number of methoxy groups -OCH3 is 1. The van der Waals surface area contributed by atoms with Crippen LogP contribution in [0.2, 0.25) is 5.02 Å². The van der Waals surface area contributed by atoms with Gasteiger partial charge in [-0.1, -0.05) is 11.6 Å². The first-order chi connectivity index (χ1) is 12.2. The topological polar surface area (TPSA) is 72.5 Å². The molecule has 1 aromatic heterocycles. The molecule has 0 aliphatic carbocycles. The van der Waals surface area contributed by atoms with Gasteiger partial charge in [0.25, 0.3) is 5.91 Å². The maximum Gasteiger partial charge on any atom is 0.252 e. The second-order valence-corrected chi connectivity index (χ2v) is 6.18. The van der Waals surface area contributed by atoms with Gasteiger partial charge in [0, 0.05) is 24.4 Å². The van der Waals surface area contributed by atoms with Crippen LogP contribution in [0.15, 0.2) is 36.5 Å². The molecule has 0 bridgehead atoms. The normalized spacial score (nSPS) is 16.5. The molecule has 3 rings (SSSR count). The molecule has 6 nitrogen and oxygen atoms in total. The van der Waals surface area contributed by atoms with E-state index in [1.54, 1.807) is 37.4 Å². The number of amides is 1. The highest BCUT2D eigenvalue weighted by Crippen LogP contribution is 2.29. The first-order valence-corrected chi connectivity index (χ1v) is 8.50. The van der Waals surface area contributed by atoms with Crippen LogP contribution in [0.4, 0.5) is 11.5 Å². The van der Waals surface area contributed by atoms with Crippen LogP contribution in [0.5, 0.6) is 5.75 Å². The molecule has 0 saturated carbocycles. The van der Waals surface area contributed by atoms with E-state index in [4.69, 9.17) is 21.1 Å². The first kappa shape index (κ1) is 17.5. The van der Waals surface area contributed by atoms with Crippen LogP contribution in [-0.4, -0.2) is 37.3 Å². The summed E-state index contributed by atoms with van der Waals surface area (Å²) in [6, 6.07) is 8.74. The monoisotopic (exact) mass is 361 g/mol. The van der Waals surface area contributed by atoms with Crippen molar-refractivity contribution in [3.8, 4) is 5.75 Å². The summed E-state index contributed by atoms with van der Waals surface area (Å²) in [6.45, 7) is 1.30. The molecular weight excluding hydrogens is 342 g/mol. The minimum Gasteiger partial charge on any atom is -0.495 e. The number of anilines is 2. The second-order valence-electron chi connectivity index (χ2n) is 5.75. The predicted octanol–water partition coefficient (Wildman–Crippen LogP) is 3.40. The number of halogens is 1. The average Bonchev–Trinajstić information content (AvgIpc) is 3.14. The summed E-state index contributed by atoms with van der Waals surface area (Å²) in [5, 5.41) is 6.60. The third-order valence-corrected chi connectivity index (χ3v) is 4.20. The average molecular weight is 362 g/mol. The van der Waals surface area contributed by atoms with Crippen molar-refractivity contribution in [2.45, 2.75) is 18.9 Å². The lowest BCUT2D eigenvalue weighted by Crippen LogP contribution is -2.31. The van der Waals surface area contributed by atoms with Crippen molar-refractivity contribution in [1.29, 1.82) is 0 Å². The Morgan fingerprint density at radius 1 is 1.40 bits per heavy atom. The lowest BCUT2D eigenvalue weighted by Gasteiger charge is -2.12. The zero-order valence-electron chi connectivity index (χ0n) is 13.9. The standard InChI is InChI=1S/C18H20ClN3O3/c1-24-16-6-5-13(19)9-15(16)22-17-7-4-12(10-20-17)18(23)21-11-14-3-2-8-25-14/h4-7,9-10,14H,2-3,8,11H2,1H3,(H,20,22)(H,21,23). The molecule has 0 spiro atoms. The number of nitrogens with one attached hydrogen (secondary N) is 2. The highest BCUT2D eigenvalue weighted by atomic mass is 35.5. The summed E-state index contributed by atoms with van der Waals surface area (Å²) in [4.78, 5) is 16.4. The van der Waals surface area contributed by atoms with Crippen molar-refractivity contribution in [2.75, 3.05) is 25.6 Å². The van der Waals surface area contributed by atoms with Crippen LogP contribution < -0.4 is 15.4 Å². The van der Waals surface area contributed by atoms with Crippen molar-refractivity contribution in [1.82, 2.24) is 10.3 Å². The van der Waals surface area contributed by atoms with Crippen LogP contribution in [0.3, 0.4) is 0 Å². The number of hydrogen-bond donors (Lipinski definition) is 2. The quantitative estimate of drug-likeness (QED) is 0.825. The molecule has 1 amide bonds. The van der Waals surface area contributed by atoms with E-state index in [1.807, 2.05) is 0 Å². The molecule has 2 heterocycles. The number of carbonyl (C=O) groups is 1. The van der Waals surface area contributed by atoms with Gasteiger partial charge in [0.05, 0.1) is 24.5 Å². The second kappa shape index (κ2) is 8.18. The summed E-state index contributed by atoms with van der Waals surface area (Å²) in [7, 11) is 1.59. The van der Waals surface area contributed by atoms with Gasteiger partial charge in [-0.25, -0.2) is 4.98 Å². The van der Waals surface area contributed by atoms with Crippen molar-refractivity contribution in [3.63, 3.8) is 0 Å². The number of hydrogen-bond acceptors (Lipinski definition) is 5. The number of aromatic nitrogens is 1. The van der Waals surface area contributed by atoms with Crippen molar-refractivity contribution >= 4 is 29.0 Å².